The van der Waals surface area contributed by atoms with Gasteiger partial charge in [-0.25, -0.2) is 4.68 Å². The van der Waals surface area contributed by atoms with Crippen LogP contribution in [-0.2, 0) is 4.79 Å². The van der Waals surface area contributed by atoms with E-state index in [1.807, 2.05) is 0 Å². The molecule has 0 atom stereocenters. The molecular formula is C11H14N8O. The van der Waals surface area contributed by atoms with Gasteiger partial charge >= 0.3 is 0 Å². The standard InChI is InChI=1S/C11H14N8O/c12-9-16-10(13-6-8(20)15-7-2-3-7)18-11(17-9)19-5-1-4-14-19/h1,4-5,7H,2-3,6H2,(H,15,20)(H3,12,13,16,17,18). The zero-order valence-electron chi connectivity index (χ0n) is 10.7. The number of rotatable bonds is 5. The summed E-state index contributed by atoms with van der Waals surface area (Å²) in [5.74, 6) is 0.518. The molecule has 0 aliphatic heterocycles. The van der Waals surface area contributed by atoms with Crippen LogP contribution in [0.2, 0.25) is 0 Å². The number of carbonyl (C=O) groups excluding carboxylic acids is 1. The Balaban J connectivity index is 1.67. The minimum Gasteiger partial charge on any atom is -0.368 e. The molecule has 0 radical (unpaired) electrons. The SMILES string of the molecule is Nc1nc(NCC(=O)NC2CC2)nc(-n2cccn2)n1. The van der Waals surface area contributed by atoms with Crippen LogP contribution >= 0.6 is 0 Å². The topological polar surface area (TPSA) is 124 Å². The fourth-order valence-electron chi connectivity index (χ4n) is 1.62. The average Bonchev–Trinajstić information content (AvgIpc) is 3.06. The van der Waals surface area contributed by atoms with Gasteiger partial charge in [0.25, 0.3) is 5.95 Å². The first-order valence-electron chi connectivity index (χ1n) is 6.25. The Morgan fingerprint density at radius 1 is 1.40 bits per heavy atom. The number of amides is 1. The Bertz CT molecular complexity index is 607. The quantitative estimate of drug-likeness (QED) is 0.660. The first kappa shape index (κ1) is 12.3. The van der Waals surface area contributed by atoms with Crippen LogP contribution in [0.3, 0.4) is 0 Å². The Morgan fingerprint density at radius 3 is 2.95 bits per heavy atom. The summed E-state index contributed by atoms with van der Waals surface area (Å²) >= 11 is 0. The molecule has 9 heteroatoms. The van der Waals surface area contributed by atoms with Crippen LogP contribution in [0.25, 0.3) is 5.95 Å². The molecule has 1 aliphatic rings. The average molecular weight is 274 g/mol. The van der Waals surface area contributed by atoms with Gasteiger partial charge in [-0.1, -0.05) is 0 Å². The maximum Gasteiger partial charge on any atom is 0.257 e. The van der Waals surface area contributed by atoms with Gasteiger partial charge < -0.3 is 16.4 Å². The highest BCUT2D eigenvalue weighted by Crippen LogP contribution is 2.18. The first-order valence-corrected chi connectivity index (χ1v) is 6.25. The predicted octanol–water partition coefficient (Wildman–Crippen LogP) is -0.670. The van der Waals surface area contributed by atoms with E-state index in [0.717, 1.165) is 12.8 Å². The number of nitrogen functional groups attached to an aromatic ring is 1. The Hall–Kier alpha value is -2.71. The van der Waals surface area contributed by atoms with Gasteiger partial charge in [0, 0.05) is 18.4 Å². The van der Waals surface area contributed by atoms with Crippen molar-refractivity contribution in [3.63, 3.8) is 0 Å². The number of nitrogens with zero attached hydrogens (tertiary/aromatic N) is 5. The van der Waals surface area contributed by atoms with Crippen molar-refractivity contribution in [1.29, 1.82) is 0 Å². The third kappa shape index (κ3) is 2.99. The van der Waals surface area contributed by atoms with Gasteiger partial charge in [-0.3, -0.25) is 4.79 Å². The van der Waals surface area contributed by atoms with Crippen LogP contribution < -0.4 is 16.4 Å². The van der Waals surface area contributed by atoms with E-state index in [0.29, 0.717) is 12.0 Å². The second-order valence-corrected chi connectivity index (χ2v) is 4.46. The lowest BCUT2D eigenvalue weighted by Gasteiger charge is -2.07. The fraction of sp³-hybridized carbons (Fsp3) is 0.364. The van der Waals surface area contributed by atoms with Gasteiger partial charge in [0.15, 0.2) is 0 Å². The van der Waals surface area contributed by atoms with Crippen LogP contribution in [0.5, 0.6) is 0 Å². The smallest absolute Gasteiger partial charge is 0.257 e. The maximum atomic E-state index is 11.6. The summed E-state index contributed by atoms with van der Waals surface area (Å²) in [6.07, 6.45) is 5.40. The van der Waals surface area contributed by atoms with Gasteiger partial charge in [-0.05, 0) is 18.9 Å². The number of hydrogen-bond donors (Lipinski definition) is 3. The monoisotopic (exact) mass is 274 g/mol. The third-order valence-corrected chi connectivity index (χ3v) is 2.70. The summed E-state index contributed by atoms with van der Waals surface area (Å²) in [4.78, 5) is 23.6. The summed E-state index contributed by atoms with van der Waals surface area (Å²) in [5, 5.41) is 9.70. The molecule has 4 N–H and O–H groups in total. The number of nitrogens with two attached hydrogens (primary N) is 1. The second-order valence-electron chi connectivity index (χ2n) is 4.46. The number of nitrogens with one attached hydrogen (secondary N) is 2. The Labute approximate surface area is 114 Å². The number of aromatic nitrogens is 5. The van der Waals surface area contributed by atoms with Crippen molar-refractivity contribution < 1.29 is 4.79 Å². The lowest BCUT2D eigenvalue weighted by atomic mass is 10.5. The molecule has 0 aromatic carbocycles. The lowest BCUT2D eigenvalue weighted by Crippen LogP contribution is -2.31. The second kappa shape index (κ2) is 5.11. The van der Waals surface area contributed by atoms with Crippen molar-refractivity contribution in [2.75, 3.05) is 17.6 Å². The largest absolute Gasteiger partial charge is 0.368 e. The summed E-state index contributed by atoms with van der Waals surface area (Å²) in [5.41, 5.74) is 5.62. The van der Waals surface area contributed by atoms with Gasteiger partial charge in [0.05, 0.1) is 6.54 Å². The number of anilines is 2. The summed E-state index contributed by atoms with van der Waals surface area (Å²) in [7, 11) is 0. The molecule has 104 valence electrons. The van der Waals surface area contributed by atoms with Gasteiger partial charge in [-0.15, -0.1) is 0 Å². The molecule has 2 aromatic heterocycles. The van der Waals surface area contributed by atoms with Crippen LogP contribution in [0.1, 0.15) is 12.8 Å². The van der Waals surface area contributed by atoms with E-state index in [-0.39, 0.29) is 24.3 Å². The van der Waals surface area contributed by atoms with Crippen molar-refractivity contribution in [2.24, 2.45) is 0 Å². The molecule has 1 fully saturated rings. The van der Waals surface area contributed by atoms with Crippen molar-refractivity contribution in [1.82, 2.24) is 30.0 Å². The van der Waals surface area contributed by atoms with Crippen LogP contribution in [0.4, 0.5) is 11.9 Å². The van der Waals surface area contributed by atoms with Crippen LogP contribution in [-0.4, -0.2) is 43.2 Å². The Morgan fingerprint density at radius 2 is 2.25 bits per heavy atom. The lowest BCUT2D eigenvalue weighted by molar-refractivity contribution is -0.119. The minimum absolute atomic E-state index is 0.0654. The molecule has 1 saturated carbocycles. The summed E-state index contributed by atoms with van der Waals surface area (Å²) in [6.45, 7) is 0.0957. The van der Waals surface area contributed by atoms with Crippen LogP contribution in [0.15, 0.2) is 18.5 Å². The molecule has 2 heterocycles. The highest BCUT2D eigenvalue weighted by Gasteiger charge is 2.23. The zero-order valence-corrected chi connectivity index (χ0v) is 10.7. The first-order chi connectivity index (χ1) is 9.70. The molecule has 0 bridgehead atoms. The molecule has 1 amide bonds. The number of hydrogen-bond acceptors (Lipinski definition) is 7. The highest BCUT2D eigenvalue weighted by molar-refractivity contribution is 5.80. The Kier molecular flexibility index (Phi) is 3.15. The van der Waals surface area contributed by atoms with E-state index in [1.165, 1.54) is 4.68 Å². The van der Waals surface area contributed by atoms with Gasteiger partial charge in [-0.2, -0.15) is 20.1 Å². The summed E-state index contributed by atoms with van der Waals surface area (Å²) in [6, 6.07) is 2.07. The fourth-order valence-corrected chi connectivity index (χ4v) is 1.62. The highest BCUT2D eigenvalue weighted by atomic mass is 16.2. The van der Waals surface area contributed by atoms with Crippen molar-refractivity contribution >= 4 is 17.8 Å². The van der Waals surface area contributed by atoms with E-state index in [4.69, 9.17) is 5.73 Å². The minimum atomic E-state index is -0.0906. The van der Waals surface area contributed by atoms with Crippen molar-refractivity contribution in [3.8, 4) is 5.95 Å². The van der Waals surface area contributed by atoms with E-state index in [2.05, 4.69) is 30.7 Å². The zero-order chi connectivity index (χ0) is 13.9. The molecule has 9 nitrogen and oxygen atoms in total. The molecule has 0 spiro atoms. The molecule has 2 aromatic rings. The summed E-state index contributed by atoms with van der Waals surface area (Å²) < 4.78 is 1.47. The van der Waals surface area contributed by atoms with E-state index < -0.39 is 0 Å². The van der Waals surface area contributed by atoms with Crippen molar-refractivity contribution in [2.45, 2.75) is 18.9 Å². The molecular weight excluding hydrogens is 260 g/mol. The molecule has 0 unspecified atom stereocenters. The van der Waals surface area contributed by atoms with E-state index in [9.17, 15) is 4.79 Å². The van der Waals surface area contributed by atoms with Crippen LogP contribution in [0, 0.1) is 0 Å². The van der Waals surface area contributed by atoms with E-state index >= 15 is 0 Å². The third-order valence-electron chi connectivity index (χ3n) is 2.70. The van der Waals surface area contributed by atoms with Crippen molar-refractivity contribution in [3.05, 3.63) is 18.5 Å². The normalized spacial score (nSPS) is 14.0. The molecule has 1 aliphatic carbocycles. The maximum absolute atomic E-state index is 11.6. The van der Waals surface area contributed by atoms with E-state index in [1.54, 1.807) is 18.5 Å². The predicted molar refractivity (Wildman–Crippen MR) is 71.0 cm³/mol. The molecule has 0 saturated heterocycles. The molecule has 3 rings (SSSR count). The van der Waals surface area contributed by atoms with Gasteiger partial charge in [0.2, 0.25) is 17.8 Å². The number of carbonyl (C=O) groups is 1. The molecule has 20 heavy (non-hydrogen) atoms. The van der Waals surface area contributed by atoms with Gasteiger partial charge in [0.1, 0.15) is 0 Å².